The molecule has 0 spiro atoms. The van der Waals surface area contributed by atoms with Gasteiger partial charge in [-0.15, -0.1) is 0 Å². The Labute approximate surface area is 181 Å². The molecule has 2 rings (SSSR count). The van der Waals surface area contributed by atoms with E-state index < -0.39 is 6.04 Å². The number of nitrogens with one attached hydrogen (secondary N) is 1. The van der Waals surface area contributed by atoms with Crippen molar-refractivity contribution in [3.8, 4) is 5.75 Å². The first-order chi connectivity index (χ1) is 13.9. The van der Waals surface area contributed by atoms with Crippen molar-refractivity contribution >= 4 is 27.7 Å². The van der Waals surface area contributed by atoms with Crippen LogP contribution in [0.25, 0.3) is 0 Å². The molecule has 0 fully saturated rings. The molecule has 5 nitrogen and oxygen atoms in total. The van der Waals surface area contributed by atoms with E-state index >= 15 is 0 Å². The number of halogens is 1. The Morgan fingerprint density at radius 2 is 1.76 bits per heavy atom. The van der Waals surface area contributed by atoms with Gasteiger partial charge in [-0.2, -0.15) is 0 Å². The van der Waals surface area contributed by atoms with E-state index in [9.17, 15) is 9.59 Å². The highest BCUT2D eigenvalue weighted by Crippen LogP contribution is 2.16. The Morgan fingerprint density at radius 3 is 2.38 bits per heavy atom. The van der Waals surface area contributed by atoms with Gasteiger partial charge in [0.1, 0.15) is 11.8 Å². The molecule has 156 valence electrons. The number of ether oxygens (including phenoxy) is 1. The van der Waals surface area contributed by atoms with Gasteiger partial charge in [0.05, 0.1) is 0 Å². The topological polar surface area (TPSA) is 58.6 Å². The summed E-state index contributed by atoms with van der Waals surface area (Å²) in [6, 6.07) is 14.7. The lowest BCUT2D eigenvalue weighted by molar-refractivity contribution is -0.142. The fourth-order valence-corrected chi connectivity index (χ4v) is 3.03. The number of amides is 2. The van der Waals surface area contributed by atoms with Crippen LogP contribution in [-0.2, 0) is 16.1 Å². The Bertz CT molecular complexity index is 791. The molecule has 6 heteroatoms. The van der Waals surface area contributed by atoms with E-state index in [-0.39, 0.29) is 18.4 Å². The van der Waals surface area contributed by atoms with Gasteiger partial charge in [-0.05, 0) is 50.1 Å². The lowest BCUT2D eigenvalue weighted by Gasteiger charge is -2.28. The van der Waals surface area contributed by atoms with Crippen LogP contribution in [0.2, 0.25) is 0 Å². The molecule has 0 aliphatic rings. The molecule has 2 aromatic carbocycles. The van der Waals surface area contributed by atoms with E-state index in [2.05, 4.69) is 28.2 Å². The molecule has 0 aromatic heterocycles. The zero-order chi connectivity index (χ0) is 21.2. The second-order valence-corrected chi connectivity index (χ2v) is 7.99. The molecular formula is C23H29BrN2O3. The van der Waals surface area contributed by atoms with Gasteiger partial charge in [-0.1, -0.05) is 59.1 Å². The van der Waals surface area contributed by atoms with E-state index in [4.69, 9.17) is 4.74 Å². The average Bonchev–Trinajstić information content (AvgIpc) is 2.72. The van der Waals surface area contributed by atoms with Crippen molar-refractivity contribution in [2.75, 3.05) is 13.2 Å². The van der Waals surface area contributed by atoms with Crippen LogP contribution in [-0.4, -0.2) is 35.9 Å². The molecule has 0 bridgehead atoms. The molecule has 0 saturated carbocycles. The number of carbonyl (C=O) groups excluding carboxylic acids is 2. The van der Waals surface area contributed by atoms with Crippen LogP contribution in [0.3, 0.4) is 0 Å². The largest absolute Gasteiger partial charge is 0.484 e. The van der Waals surface area contributed by atoms with Crippen molar-refractivity contribution in [2.45, 2.75) is 46.2 Å². The molecule has 0 radical (unpaired) electrons. The summed E-state index contributed by atoms with van der Waals surface area (Å²) in [4.78, 5) is 27.1. The van der Waals surface area contributed by atoms with Gasteiger partial charge in [0.15, 0.2) is 6.61 Å². The molecule has 1 unspecified atom stereocenters. The predicted molar refractivity (Wildman–Crippen MR) is 119 cm³/mol. The summed E-state index contributed by atoms with van der Waals surface area (Å²) in [6.45, 7) is 6.65. The van der Waals surface area contributed by atoms with E-state index in [0.717, 1.165) is 28.4 Å². The van der Waals surface area contributed by atoms with Crippen LogP contribution in [0, 0.1) is 6.92 Å². The van der Waals surface area contributed by atoms with Gasteiger partial charge >= 0.3 is 0 Å². The van der Waals surface area contributed by atoms with Crippen LogP contribution in [0.5, 0.6) is 5.75 Å². The maximum absolute atomic E-state index is 12.9. The fourth-order valence-electron chi connectivity index (χ4n) is 2.77. The van der Waals surface area contributed by atoms with Crippen LogP contribution in [0.4, 0.5) is 0 Å². The van der Waals surface area contributed by atoms with Gasteiger partial charge in [-0.3, -0.25) is 9.59 Å². The maximum Gasteiger partial charge on any atom is 0.261 e. The number of hydrogen-bond donors (Lipinski definition) is 1. The zero-order valence-corrected chi connectivity index (χ0v) is 18.9. The lowest BCUT2D eigenvalue weighted by Crippen LogP contribution is -2.49. The Kier molecular flexibility index (Phi) is 9.19. The summed E-state index contributed by atoms with van der Waals surface area (Å²) in [5, 5.41) is 2.91. The number of nitrogens with zero attached hydrogens (tertiary/aromatic N) is 1. The number of unbranched alkanes of at least 4 members (excludes halogenated alkanes) is 1. The van der Waals surface area contributed by atoms with Crippen LogP contribution in [0.1, 0.15) is 37.8 Å². The summed E-state index contributed by atoms with van der Waals surface area (Å²) < 4.78 is 6.62. The summed E-state index contributed by atoms with van der Waals surface area (Å²) in [5.74, 6) is 0.249. The standard InChI is InChI=1S/C23H29BrN2O3/c1-4-5-14-25-23(28)18(3)26(15-19-8-10-20(24)11-9-19)22(27)16-29-21-12-6-17(2)7-13-21/h6-13,18H,4-5,14-16H2,1-3H3,(H,25,28). The quantitative estimate of drug-likeness (QED) is 0.532. The minimum atomic E-state index is -0.593. The molecule has 0 heterocycles. The van der Waals surface area contributed by atoms with Gasteiger partial charge in [0.2, 0.25) is 5.91 Å². The molecule has 2 aromatic rings. The average molecular weight is 461 g/mol. The minimum absolute atomic E-state index is 0.119. The molecule has 1 atom stereocenters. The number of benzene rings is 2. The molecule has 0 saturated heterocycles. The SMILES string of the molecule is CCCCNC(=O)C(C)N(Cc1ccc(Br)cc1)C(=O)COc1ccc(C)cc1. The number of rotatable bonds is 10. The highest BCUT2D eigenvalue weighted by molar-refractivity contribution is 9.10. The van der Waals surface area contributed by atoms with Crippen molar-refractivity contribution in [1.82, 2.24) is 10.2 Å². The van der Waals surface area contributed by atoms with Gasteiger partial charge in [0, 0.05) is 17.6 Å². The van der Waals surface area contributed by atoms with Crippen LogP contribution >= 0.6 is 15.9 Å². The highest BCUT2D eigenvalue weighted by atomic mass is 79.9. The first-order valence-corrected chi connectivity index (χ1v) is 10.7. The van der Waals surface area contributed by atoms with Crippen molar-refractivity contribution in [3.63, 3.8) is 0 Å². The van der Waals surface area contributed by atoms with Gasteiger partial charge < -0.3 is 15.0 Å². The smallest absolute Gasteiger partial charge is 0.261 e. The second-order valence-electron chi connectivity index (χ2n) is 7.07. The van der Waals surface area contributed by atoms with Crippen molar-refractivity contribution in [3.05, 3.63) is 64.1 Å². The summed E-state index contributed by atoms with van der Waals surface area (Å²) in [5.41, 5.74) is 2.07. The third kappa shape index (κ3) is 7.54. The van der Waals surface area contributed by atoms with Crippen LogP contribution < -0.4 is 10.1 Å². The molecular weight excluding hydrogens is 432 g/mol. The van der Waals surface area contributed by atoms with E-state index in [1.807, 2.05) is 55.5 Å². The van der Waals surface area contributed by atoms with E-state index in [1.165, 1.54) is 0 Å². The van der Waals surface area contributed by atoms with E-state index in [1.54, 1.807) is 11.8 Å². The molecule has 29 heavy (non-hydrogen) atoms. The molecule has 2 amide bonds. The monoisotopic (exact) mass is 460 g/mol. The minimum Gasteiger partial charge on any atom is -0.484 e. The van der Waals surface area contributed by atoms with Gasteiger partial charge in [-0.25, -0.2) is 0 Å². The zero-order valence-electron chi connectivity index (χ0n) is 17.3. The summed E-state index contributed by atoms with van der Waals surface area (Å²) >= 11 is 3.42. The first-order valence-electron chi connectivity index (χ1n) is 9.91. The third-order valence-electron chi connectivity index (χ3n) is 4.65. The molecule has 1 N–H and O–H groups in total. The molecule has 0 aliphatic heterocycles. The number of aryl methyl sites for hydroxylation is 1. The van der Waals surface area contributed by atoms with Crippen molar-refractivity contribution in [1.29, 1.82) is 0 Å². The molecule has 0 aliphatic carbocycles. The normalized spacial score (nSPS) is 11.6. The Morgan fingerprint density at radius 1 is 1.10 bits per heavy atom. The fraction of sp³-hybridized carbons (Fsp3) is 0.391. The number of hydrogen-bond acceptors (Lipinski definition) is 3. The second kappa shape index (κ2) is 11.6. The Hall–Kier alpha value is -2.34. The van der Waals surface area contributed by atoms with Crippen LogP contribution in [0.15, 0.2) is 53.0 Å². The lowest BCUT2D eigenvalue weighted by atomic mass is 10.1. The summed E-state index contributed by atoms with van der Waals surface area (Å²) in [6.07, 6.45) is 1.91. The Balaban J connectivity index is 2.08. The maximum atomic E-state index is 12.9. The highest BCUT2D eigenvalue weighted by Gasteiger charge is 2.26. The van der Waals surface area contributed by atoms with Gasteiger partial charge in [0.25, 0.3) is 5.91 Å². The van der Waals surface area contributed by atoms with E-state index in [0.29, 0.717) is 18.8 Å². The first kappa shape index (κ1) is 22.9. The van der Waals surface area contributed by atoms with Crippen molar-refractivity contribution in [2.24, 2.45) is 0 Å². The predicted octanol–water partition coefficient (Wildman–Crippen LogP) is 4.47. The third-order valence-corrected chi connectivity index (χ3v) is 5.17. The van der Waals surface area contributed by atoms with Crippen molar-refractivity contribution < 1.29 is 14.3 Å². The summed E-state index contributed by atoms with van der Waals surface area (Å²) in [7, 11) is 0. The number of carbonyl (C=O) groups is 2.